The number of methoxy groups -OCH3 is 1. The van der Waals surface area contributed by atoms with Gasteiger partial charge >= 0.3 is 5.97 Å². The number of rotatable bonds is 2. The van der Waals surface area contributed by atoms with Gasteiger partial charge in [0.05, 0.1) is 12.7 Å². The number of benzene rings is 1. The van der Waals surface area contributed by atoms with Crippen molar-refractivity contribution < 1.29 is 14.6 Å². The average molecular weight is 384 g/mol. The number of nitrogens with zero attached hydrogens (tertiary/aromatic N) is 1. The first kappa shape index (κ1) is 22.8. The Balaban J connectivity index is 0.000000239. The standard InChI is InChI=1S/C10H19N.C9H9ClO3.C2H6/c1-2-6-10(7-3-1)11-8-4-5-9-11;1-5-7(9(12)13-2)3-6(10)4-8(5)11;1-2/h10H,1-9H2;3-4,11H,1-2H3;1-2H3. The number of carbonyl (C=O) groups excluding carboxylic acids is 1. The number of aromatic hydroxyl groups is 1. The Kier molecular flexibility index (Phi) is 10.7. The number of phenols is 1. The van der Waals surface area contributed by atoms with Crippen molar-refractivity contribution in [3.8, 4) is 5.75 Å². The first-order valence-corrected chi connectivity index (χ1v) is 10.2. The van der Waals surface area contributed by atoms with Gasteiger partial charge < -0.3 is 14.7 Å². The van der Waals surface area contributed by atoms with E-state index in [4.69, 9.17) is 11.6 Å². The van der Waals surface area contributed by atoms with Crippen molar-refractivity contribution in [2.75, 3.05) is 20.2 Å². The quantitative estimate of drug-likeness (QED) is 0.677. The molecule has 3 rings (SSSR count). The molecule has 0 aromatic heterocycles. The summed E-state index contributed by atoms with van der Waals surface area (Å²) in [6.07, 6.45) is 10.3. The molecule has 26 heavy (non-hydrogen) atoms. The van der Waals surface area contributed by atoms with E-state index in [1.807, 2.05) is 13.8 Å². The molecule has 1 N–H and O–H groups in total. The van der Waals surface area contributed by atoms with Gasteiger partial charge in [-0.15, -0.1) is 0 Å². The minimum atomic E-state index is -0.504. The molecule has 1 heterocycles. The summed E-state index contributed by atoms with van der Waals surface area (Å²) in [5.74, 6) is -0.511. The molecule has 1 aromatic rings. The zero-order valence-electron chi connectivity index (χ0n) is 16.7. The summed E-state index contributed by atoms with van der Waals surface area (Å²) < 4.78 is 4.52. The maximum atomic E-state index is 11.1. The van der Waals surface area contributed by atoms with Gasteiger partial charge in [-0.3, -0.25) is 0 Å². The maximum absolute atomic E-state index is 11.1. The predicted octanol–water partition coefficient (Wildman–Crippen LogP) is 5.58. The molecule has 5 heteroatoms. The van der Waals surface area contributed by atoms with E-state index < -0.39 is 5.97 Å². The minimum absolute atomic E-state index is 0.00657. The van der Waals surface area contributed by atoms with Crippen molar-refractivity contribution in [3.05, 3.63) is 28.3 Å². The molecule has 2 fully saturated rings. The molecule has 0 atom stereocenters. The van der Waals surface area contributed by atoms with Crippen LogP contribution in [0.3, 0.4) is 0 Å². The highest BCUT2D eigenvalue weighted by Gasteiger charge is 2.22. The van der Waals surface area contributed by atoms with Crippen LogP contribution in [0.2, 0.25) is 5.02 Å². The largest absolute Gasteiger partial charge is 0.508 e. The van der Waals surface area contributed by atoms with Crippen LogP contribution >= 0.6 is 11.6 Å². The molecular weight excluding hydrogens is 350 g/mol. The van der Waals surface area contributed by atoms with E-state index >= 15 is 0 Å². The minimum Gasteiger partial charge on any atom is -0.508 e. The van der Waals surface area contributed by atoms with E-state index in [0.29, 0.717) is 10.6 Å². The summed E-state index contributed by atoms with van der Waals surface area (Å²) in [4.78, 5) is 13.9. The first-order valence-electron chi connectivity index (χ1n) is 9.84. The van der Waals surface area contributed by atoms with Gasteiger partial charge in [-0.05, 0) is 57.8 Å². The van der Waals surface area contributed by atoms with E-state index in [9.17, 15) is 9.90 Å². The summed E-state index contributed by atoms with van der Waals surface area (Å²) in [7, 11) is 1.28. The molecule has 0 unspecified atom stereocenters. The number of likely N-dealkylation sites (tertiary alicyclic amines) is 1. The molecule has 148 valence electrons. The van der Waals surface area contributed by atoms with Crippen LogP contribution in [0.25, 0.3) is 0 Å². The molecule has 1 aliphatic carbocycles. The molecule has 4 nitrogen and oxygen atoms in total. The lowest BCUT2D eigenvalue weighted by Crippen LogP contribution is -2.34. The van der Waals surface area contributed by atoms with E-state index in [2.05, 4.69) is 9.64 Å². The molecule has 0 radical (unpaired) electrons. The Hall–Kier alpha value is -1.26. The highest BCUT2D eigenvalue weighted by atomic mass is 35.5. The summed E-state index contributed by atoms with van der Waals surface area (Å²) in [6, 6.07) is 3.82. The topological polar surface area (TPSA) is 49.8 Å². The number of halogens is 1. The summed E-state index contributed by atoms with van der Waals surface area (Å²) in [5, 5.41) is 9.64. The first-order chi connectivity index (χ1) is 12.5. The fourth-order valence-corrected chi connectivity index (χ4v) is 3.75. The van der Waals surface area contributed by atoms with Gasteiger partial charge in [-0.1, -0.05) is 44.7 Å². The number of phenolic OH excluding ortho intramolecular Hbond substituents is 1. The van der Waals surface area contributed by atoms with E-state index in [-0.39, 0.29) is 11.3 Å². The lowest BCUT2D eigenvalue weighted by molar-refractivity contribution is 0.0599. The second-order valence-corrected chi connectivity index (χ2v) is 7.06. The van der Waals surface area contributed by atoms with Gasteiger partial charge in [0.2, 0.25) is 0 Å². The zero-order valence-corrected chi connectivity index (χ0v) is 17.4. The predicted molar refractivity (Wildman–Crippen MR) is 108 cm³/mol. The van der Waals surface area contributed by atoms with Gasteiger partial charge in [0, 0.05) is 16.6 Å². The third-order valence-corrected chi connectivity index (χ3v) is 5.20. The van der Waals surface area contributed by atoms with E-state index in [1.54, 1.807) is 6.92 Å². The Morgan fingerprint density at radius 2 is 1.69 bits per heavy atom. The van der Waals surface area contributed by atoms with Crippen LogP contribution < -0.4 is 0 Å². The average Bonchev–Trinajstić information content (AvgIpc) is 3.22. The van der Waals surface area contributed by atoms with Crippen molar-refractivity contribution in [1.82, 2.24) is 4.90 Å². The number of hydrogen-bond acceptors (Lipinski definition) is 4. The SMILES string of the molecule is C1CCC(N2CCCC2)CC1.CC.COC(=O)c1cc(Cl)cc(O)c1C. The van der Waals surface area contributed by atoms with Crippen LogP contribution in [0.1, 0.15) is 74.7 Å². The van der Waals surface area contributed by atoms with Crippen molar-refractivity contribution in [3.63, 3.8) is 0 Å². The Labute approximate surface area is 163 Å². The molecule has 2 aliphatic rings. The zero-order chi connectivity index (χ0) is 19.5. The number of esters is 1. The third kappa shape index (κ3) is 6.81. The number of ether oxygens (including phenoxy) is 1. The van der Waals surface area contributed by atoms with Crippen LogP contribution in [-0.2, 0) is 4.74 Å². The molecule has 1 saturated heterocycles. The lowest BCUT2D eigenvalue weighted by Gasteiger charge is -2.30. The normalized spacial score (nSPS) is 17.6. The summed E-state index contributed by atoms with van der Waals surface area (Å²) >= 11 is 5.66. The second-order valence-electron chi connectivity index (χ2n) is 6.62. The second kappa shape index (κ2) is 12.2. The maximum Gasteiger partial charge on any atom is 0.338 e. The molecule has 1 saturated carbocycles. The van der Waals surface area contributed by atoms with Crippen LogP contribution in [0, 0.1) is 6.92 Å². The lowest BCUT2D eigenvalue weighted by atomic mass is 9.94. The summed E-state index contributed by atoms with van der Waals surface area (Å²) in [5.41, 5.74) is 0.753. The van der Waals surface area contributed by atoms with Gasteiger partial charge in [-0.2, -0.15) is 0 Å². The molecule has 0 amide bonds. The van der Waals surface area contributed by atoms with Crippen LogP contribution in [-0.4, -0.2) is 42.2 Å². The molecule has 0 bridgehead atoms. The van der Waals surface area contributed by atoms with Crippen molar-refractivity contribution in [1.29, 1.82) is 0 Å². The Morgan fingerprint density at radius 1 is 1.12 bits per heavy atom. The van der Waals surface area contributed by atoms with E-state index in [1.165, 1.54) is 77.3 Å². The monoisotopic (exact) mass is 383 g/mol. The van der Waals surface area contributed by atoms with Gasteiger partial charge in [0.25, 0.3) is 0 Å². The smallest absolute Gasteiger partial charge is 0.338 e. The Bertz CT molecular complexity index is 550. The van der Waals surface area contributed by atoms with Crippen molar-refractivity contribution in [2.24, 2.45) is 0 Å². The Morgan fingerprint density at radius 3 is 2.23 bits per heavy atom. The third-order valence-electron chi connectivity index (χ3n) is 4.98. The van der Waals surface area contributed by atoms with Gasteiger partial charge in [0.1, 0.15) is 5.75 Å². The molecular formula is C21H34ClNO3. The van der Waals surface area contributed by atoms with Crippen LogP contribution in [0.15, 0.2) is 12.1 Å². The molecule has 1 aliphatic heterocycles. The fraction of sp³-hybridized carbons (Fsp3) is 0.667. The van der Waals surface area contributed by atoms with Crippen LogP contribution in [0.4, 0.5) is 0 Å². The fourth-order valence-electron chi connectivity index (χ4n) is 3.54. The van der Waals surface area contributed by atoms with Crippen molar-refractivity contribution >= 4 is 17.6 Å². The molecule has 0 spiro atoms. The van der Waals surface area contributed by atoms with Gasteiger partial charge in [-0.25, -0.2) is 4.79 Å². The highest BCUT2D eigenvalue weighted by Crippen LogP contribution is 2.26. The summed E-state index contributed by atoms with van der Waals surface area (Å²) in [6.45, 7) is 8.41. The van der Waals surface area contributed by atoms with E-state index in [0.717, 1.165) is 6.04 Å². The number of hydrogen-bond donors (Lipinski definition) is 1. The van der Waals surface area contributed by atoms with Crippen LogP contribution in [0.5, 0.6) is 5.75 Å². The number of carbonyl (C=O) groups is 1. The molecule has 1 aromatic carbocycles. The highest BCUT2D eigenvalue weighted by molar-refractivity contribution is 6.31. The van der Waals surface area contributed by atoms with Crippen molar-refractivity contribution in [2.45, 2.75) is 71.8 Å². The van der Waals surface area contributed by atoms with Gasteiger partial charge in [0.15, 0.2) is 0 Å².